The number of carbonyl (C=O) groups is 6. The maximum Gasteiger partial charge on any atom is 0.326 e. The Labute approximate surface area is 184 Å². The van der Waals surface area contributed by atoms with Crippen LogP contribution in [0.3, 0.4) is 0 Å². The van der Waals surface area contributed by atoms with Crippen molar-refractivity contribution in [3.05, 3.63) is 0 Å². The van der Waals surface area contributed by atoms with Gasteiger partial charge in [0.1, 0.15) is 18.1 Å². The Kier molecular flexibility index (Phi) is 10.5. The number of carbonyl (C=O) groups excluding carboxylic acids is 4. The van der Waals surface area contributed by atoms with Crippen LogP contribution in [0.5, 0.6) is 0 Å². The van der Waals surface area contributed by atoms with Crippen molar-refractivity contribution in [1.29, 1.82) is 0 Å². The average Bonchev–Trinajstić information content (AvgIpc) is 3.20. The molecule has 0 aromatic heterocycles. The number of amides is 4. The smallest absolute Gasteiger partial charge is 0.326 e. The number of hydrogen-bond acceptors (Lipinski definition) is 7. The summed E-state index contributed by atoms with van der Waals surface area (Å²) in [6.07, 6.45) is 0.0519. The molecule has 13 nitrogen and oxygen atoms in total. The summed E-state index contributed by atoms with van der Waals surface area (Å²) in [7, 11) is 0. The number of carboxylic acids is 2. The van der Waals surface area contributed by atoms with Crippen molar-refractivity contribution in [3.63, 3.8) is 0 Å². The molecule has 1 fully saturated rings. The molecular formula is C19H31N5O8. The van der Waals surface area contributed by atoms with Crippen molar-refractivity contribution in [2.45, 2.75) is 70.1 Å². The molecule has 0 spiro atoms. The molecule has 0 bridgehead atoms. The van der Waals surface area contributed by atoms with Crippen LogP contribution in [0, 0.1) is 5.92 Å². The maximum atomic E-state index is 12.7. The number of carboxylic acid groups (broad SMARTS) is 2. The van der Waals surface area contributed by atoms with Gasteiger partial charge in [-0.15, -0.1) is 0 Å². The molecule has 1 aliphatic heterocycles. The number of aliphatic carboxylic acids is 2. The molecule has 1 saturated heterocycles. The Morgan fingerprint density at radius 3 is 2.00 bits per heavy atom. The number of primary amides is 1. The molecule has 0 aromatic carbocycles. The second-order valence-corrected chi connectivity index (χ2v) is 8.07. The van der Waals surface area contributed by atoms with E-state index >= 15 is 0 Å². The van der Waals surface area contributed by atoms with Crippen LogP contribution in [-0.4, -0.2) is 76.5 Å². The van der Waals surface area contributed by atoms with E-state index in [0.29, 0.717) is 13.0 Å². The molecule has 0 aliphatic carbocycles. The maximum absolute atomic E-state index is 12.7. The van der Waals surface area contributed by atoms with Crippen LogP contribution in [-0.2, 0) is 28.8 Å². The van der Waals surface area contributed by atoms with E-state index in [4.69, 9.17) is 10.8 Å². The molecule has 180 valence electrons. The van der Waals surface area contributed by atoms with Gasteiger partial charge in [-0.1, -0.05) is 13.8 Å². The van der Waals surface area contributed by atoms with Gasteiger partial charge in [0.2, 0.25) is 23.6 Å². The summed E-state index contributed by atoms with van der Waals surface area (Å²) < 4.78 is 0. The van der Waals surface area contributed by atoms with Gasteiger partial charge < -0.3 is 37.2 Å². The molecule has 0 saturated carbocycles. The fourth-order valence-corrected chi connectivity index (χ4v) is 3.21. The highest BCUT2D eigenvalue weighted by molar-refractivity contribution is 5.96. The molecule has 1 heterocycles. The fourth-order valence-electron chi connectivity index (χ4n) is 3.21. The Bertz CT molecular complexity index is 735. The molecule has 1 aliphatic rings. The van der Waals surface area contributed by atoms with Gasteiger partial charge in [-0.05, 0) is 31.7 Å². The van der Waals surface area contributed by atoms with Gasteiger partial charge in [0.15, 0.2) is 0 Å². The first-order chi connectivity index (χ1) is 14.9. The van der Waals surface area contributed by atoms with Gasteiger partial charge >= 0.3 is 11.9 Å². The predicted molar refractivity (Wildman–Crippen MR) is 110 cm³/mol. The molecule has 1 rings (SSSR count). The summed E-state index contributed by atoms with van der Waals surface area (Å²) in [5, 5.41) is 28.2. The fraction of sp³-hybridized carbons (Fsp3) is 0.684. The minimum absolute atomic E-state index is 0.0956. The van der Waals surface area contributed by atoms with E-state index < -0.39 is 72.6 Å². The van der Waals surface area contributed by atoms with E-state index in [1.54, 1.807) is 13.8 Å². The lowest BCUT2D eigenvalue weighted by Gasteiger charge is -2.25. The third kappa shape index (κ3) is 9.29. The van der Waals surface area contributed by atoms with Crippen LogP contribution in [0.25, 0.3) is 0 Å². The summed E-state index contributed by atoms with van der Waals surface area (Å²) in [6.45, 7) is 4.14. The Balaban J connectivity index is 2.93. The van der Waals surface area contributed by atoms with Gasteiger partial charge in [0.25, 0.3) is 0 Å². The molecule has 4 unspecified atom stereocenters. The molecule has 8 N–H and O–H groups in total. The Morgan fingerprint density at radius 1 is 0.938 bits per heavy atom. The summed E-state index contributed by atoms with van der Waals surface area (Å²) in [5.74, 6) is -6.16. The summed E-state index contributed by atoms with van der Waals surface area (Å²) in [4.78, 5) is 71.3. The van der Waals surface area contributed by atoms with Crippen molar-refractivity contribution < 1.29 is 39.0 Å². The zero-order valence-corrected chi connectivity index (χ0v) is 18.1. The topological polar surface area (TPSA) is 217 Å². The van der Waals surface area contributed by atoms with Crippen LogP contribution in [0.1, 0.15) is 46.0 Å². The highest BCUT2D eigenvalue weighted by Crippen LogP contribution is 2.09. The van der Waals surface area contributed by atoms with Crippen LogP contribution in [0.4, 0.5) is 0 Å². The zero-order chi connectivity index (χ0) is 24.4. The normalized spacial score (nSPS) is 18.3. The van der Waals surface area contributed by atoms with Crippen molar-refractivity contribution >= 4 is 35.6 Å². The first kappa shape index (κ1) is 26.8. The number of nitrogens with one attached hydrogen (secondary N) is 4. The standard InChI is InChI=1S/C19H31N5O8/c1-9(2)6-11(17(29)24-13(19(31)32)7-14(20)25)22-18(30)12(8-15(26)27)23-16(28)10-4-3-5-21-10/h9-13,21H,3-8H2,1-2H3,(H2,20,25)(H,22,30)(H,23,28)(H,24,29)(H,26,27)(H,31,32). The molecule has 4 atom stereocenters. The van der Waals surface area contributed by atoms with Gasteiger partial charge in [-0.2, -0.15) is 0 Å². The SMILES string of the molecule is CC(C)CC(NC(=O)C(CC(=O)O)NC(=O)C1CCCN1)C(=O)NC(CC(N)=O)C(=O)O. The highest BCUT2D eigenvalue weighted by Gasteiger charge is 2.33. The Hall–Kier alpha value is -3.22. The lowest BCUT2D eigenvalue weighted by molar-refractivity contribution is -0.144. The lowest BCUT2D eigenvalue weighted by Crippen LogP contribution is -2.57. The van der Waals surface area contributed by atoms with E-state index in [2.05, 4.69) is 21.3 Å². The van der Waals surface area contributed by atoms with Crippen molar-refractivity contribution in [2.75, 3.05) is 6.54 Å². The van der Waals surface area contributed by atoms with Crippen LogP contribution < -0.4 is 27.0 Å². The number of hydrogen-bond donors (Lipinski definition) is 7. The number of nitrogens with two attached hydrogens (primary N) is 1. The van der Waals surface area contributed by atoms with E-state index in [0.717, 1.165) is 6.42 Å². The third-order valence-electron chi connectivity index (χ3n) is 4.75. The predicted octanol–water partition coefficient (Wildman–Crippen LogP) is -2.33. The van der Waals surface area contributed by atoms with Crippen LogP contribution in [0.15, 0.2) is 0 Å². The third-order valence-corrected chi connectivity index (χ3v) is 4.75. The van der Waals surface area contributed by atoms with E-state index in [-0.39, 0.29) is 12.3 Å². The monoisotopic (exact) mass is 457 g/mol. The molecule has 0 radical (unpaired) electrons. The number of rotatable bonds is 13. The average molecular weight is 457 g/mol. The van der Waals surface area contributed by atoms with Gasteiger partial charge in [0, 0.05) is 0 Å². The zero-order valence-electron chi connectivity index (χ0n) is 18.1. The minimum atomic E-state index is -1.59. The second kappa shape index (κ2) is 12.6. The Morgan fingerprint density at radius 2 is 1.53 bits per heavy atom. The highest BCUT2D eigenvalue weighted by atomic mass is 16.4. The first-order valence-corrected chi connectivity index (χ1v) is 10.3. The van der Waals surface area contributed by atoms with Gasteiger partial charge in [-0.3, -0.25) is 24.0 Å². The minimum Gasteiger partial charge on any atom is -0.481 e. The largest absolute Gasteiger partial charge is 0.481 e. The summed E-state index contributed by atoms with van der Waals surface area (Å²) in [5.41, 5.74) is 5.00. The van der Waals surface area contributed by atoms with Crippen LogP contribution in [0.2, 0.25) is 0 Å². The van der Waals surface area contributed by atoms with Gasteiger partial charge in [0.05, 0.1) is 18.9 Å². The van der Waals surface area contributed by atoms with E-state index in [1.807, 2.05) is 0 Å². The first-order valence-electron chi connectivity index (χ1n) is 10.3. The molecular weight excluding hydrogens is 426 g/mol. The summed E-state index contributed by atoms with van der Waals surface area (Å²) in [6, 6.07) is -4.80. The van der Waals surface area contributed by atoms with Crippen LogP contribution >= 0.6 is 0 Å². The van der Waals surface area contributed by atoms with E-state index in [9.17, 15) is 33.9 Å². The molecule has 4 amide bonds. The van der Waals surface area contributed by atoms with Crippen molar-refractivity contribution in [1.82, 2.24) is 21.3 Å². The van der Waals surface area contributed by atoms with Crippen molar-refractivity contribution in [2.24, 2.45) is 11.7 Å². The quantitative estimate of drug-likeness (QED) is 0.158. The summed E-state index contributed by atoms with van der Waals surface area (Å²) >= 11 is 0. The second-order valence-electron chi connectivity index (χ2n) is 8.07. The van der Waals surface area contributed by atoms with E-state index in [1.165, 1.54) is 0 Å². The molecule has 13 heteroatoms. The lowest BCUT2D eigenvalue weighted by atomic mass is 10.0. The molecule has 32 heavy (non-hydrogen) atoms. The molecule has 0 aromatic rings. The van der Waals surface area contributed by atoms with Gasteiger partial charge in [-0.25, -0.2) is 4.79 Å². The van der Waals surface area contributed by atoms with Crippen molar-refractivity contribution in [3.8, 4) is 0 Å².